The Bertz CT molecular complexity index is 773. The van der Waals surface area contributed by atoms with E-state index in [0.29, 0.717) is 18.4 Å². The van der Waals surface area contributed by atoms with Crippen molar-refractivity contribution in [3.63, 3.8) is 0 Å². The Kier molecular flexibility index (Phi) is 3.91. The van der Waals surface area contributed by atoms with Crippen molar-refractivity contribution >= 4 is 11.8 Å². The third-order valence-corrected chi connectivity index (χ3v) is 9.49. The molecule has 4 aliphatic carbocycles. The number of rotatable bonds is 1. The Morgan fingerprint density at radius 1 is 1.18 bits per heavy atom. The first-order valence-electron chi connectivity index (χ1n) is 10.3. The van der Waals surface area contributed by atoms with E-state index in [1.165, 1.54) is 6.92 Å². The smallest absolute Gasteiger partial charge is 0.303 e. The molecule has 0 amide bonds. The van der Waals surface area contributed by atoms with Crippen LogP contribution in [0.2, 0.25) is 0 Å². The summed E-state index contributed by atoms with van der Waals surface area (Å²) in [4.78, 5) is 25.2. The van der Waals surface area contributed by atoms with Gasteiger partial charge in [0, 0.05) is 35.5 Å². The molecule has 0 aromatic carbocycles. The molecule has 2 bridgehead atoms. The summed E-state index contributed by atoms with van der Waals surface area (Å²) in [5.41, 5.74) is -3.17. The van der Waals surface area contributed by atoms with Crippen LogP contribution in [0.3, 0.4) is 0 Å². The van der Waals surface area contributed by atoms with Crippen LogP contribution in [0.15, 0.2) is 12.2 Å². The normalized spacial score (nSPS) is 54.3. The van der Waals surface area contributed by atoms with Crippen molar-refractivity contribution in [2.24, 2.45) is 33.5 Å². The van der Waals surface area contributed by atoms with Gasteiger partial charge in [0.2, 0.25) is 0 Å². The van der Waals surface area contributed by atoms with Crippen molar-refractivity contribution in [2.45, 2.75) is 78.3 Å². The maximum atomic E-state index is 13.1. The molecule has 3 N–H and O–H groups in total. The van der Waals surface area contributed by atoms with Crippen LogP contribution in [0, 0.1) is 33.5 Å². The minimum Gasteiger partial charge on any atom is -0.459 e. The fourth-order valence-electron chi connectivity index (χ4n) is 8.51. The predicted molar refractivity (Wildman–Crippen MR) is 101 cm³/mol. The highest BCUT2D eigenvalue weighted by Crippen LogP contribution is 2.85. The highest BCUT2D eigenvalue weighted by molar-refractivity contribution is 5.85. The van der Waals surface area contributed by atoms with E-state index in [4.69, 9.17) is 4.74 Å². The van der Waals surface area contributed by atoms with E-state index in [1.807, 2.05) is 27.7 Å². The Labute approximate surface area is 166 Å². The molecule has 0 saturated heterocycles. The van der Waals surface area contributed by atoms with Gasteiger partial charge < -0.3 is 20.1 Å². The van der Waals surface area contributed by atoms with Gasteiger partial charge in [0.1, 0.15) is 11.9 Å². The average Bonchev–Trinajstić information content (AvgIpc) is 2.83. The Morgan fingerprint density at radius 2 is 1.79 bits per heavy atom. The lowest BCUT2D eigenvalue weighted by Gasteiger charge is -2.60. The minimum atomic E-state index is -1.11. The highest BCUT2D eigenvalue weighted by Gasteiger charge is 2.90. The molecule has 6 nitrogen and oxygen atoms in total. The second-order valence-electron chi connectivity index (χ2n) is 10.3. The number of aliphatic hydroxyl groups is 3. The quantitative estimate of drug-likeness (QED) is 0.463. The number of fused-ring (bicyclic) bond motifs is 1. The molecule has 4 fully saturated rings. The molecule has 4 aliphatic rings. The van der Waals surface area contributed by atoms with E-state index >= 15 is 0 Å². The average molecular weight is 392 g/mol. The second kappa shape index (κ2) is 5.46. The van der Waals surface area contributed by atoms with Crippen molar-refractivity contribution in [1.29, 1.82) is 0 Å². The lowest BCUT2D eigenvalue weighted by atomic mass is 9.42. The van der Waals surface area contributed by atoms with Gasteiger partial charge in [-0.05, 0) is 29.7 Å². The fraction of sp³-hybridized carbons (Fsp3) is 0.818. The summed E-state index contributed by atoms with van der Waals surface area (Å²) >= 11 is 0. The van der Waals surface area contributed by atoms with E-state index in [1.54, 1.807) is 0 Å². The first-order valence-corrected chi connectivity index (χ1v) is 10.3. The van der Waals surface area contributed by atoms with Crippen LogP contribution in [0.1, 0.15) is 53.9 Å². The number of Topliss-reactive ketones (excluding diaryl/α,β-unsaturated/α-hetero) is 1. The minimum absolute atomic E-state index is 0.00159. The number of aliphatic hydroxyl groups excluding tert-OH is 3. The van der Waals surface area contributed by atoms with Crippen LogP contribution in [0.4, 0.5) is 0 Å². The molecule has 0 aromatic rings. The Balaban J connectivity index is 2.14. The maximum Gasteiger partial charge on any atom is 0.303 e. The molecule has 6 heteroatoms. The van der Waals surface area contributed by atoms with Crippen LogP contribution >= 0.6 is 0 Å². The van der Waals surface area contributed by atoms with Gasteiger partial charge in [-0.2, -0.15) is 0 Å². The number of ether oxygens (including phenoxy) is 1. The number of hydrogen-bond acceptors (Lipinski definition) is 6. The molecule has 156 valence electrons. The Hall–Kier alpha value is -1.24. The van der Waals surface area contributed by atoms with Gasteiger partial charge in [0.25, 0.3) is 0 Å². The maximum absolute atomic E-state index is 13.1. The van der Waals surface area contributed by atoms with E-state index in [2.05, 4.69) is 6.58 Å². The molecule has 4 saturated carbocycles. The summed E-state index contributed by atoms with van der Waals surface area (Å²) in [5.74, 6) is -1.44. The highest BCUT2D eigenvalue weighted by atomic mass is 16.6. The number of carbonyl (C=O) groups excluding carboxylic acids is 2. The van der Waals surface area contributed by atoms with E-state index in [9.17, 15) is 24.9 Å². The predicted octanol–water partition coefficient (Wildman–Crippen LogP) is 1.61. The number of esters is 1. The molecule has 0 radical (unpaired) electrons. The van der Waals surface area contributed by atoms with Gasteiger partial charge >= 0.3 is 5.97 Å². The lowest BCUT2D eigenvalue weighted by Crippen LogP contribution is -2.63. The van der Waals surface area contributed by atoms with Crippen molar-refractivity contribution in [2.75, 3.05) is 0 Å². The van der Waals surface area contributed by atoms with Crippen LogP contribution in [0.5, 0.6) is 0 Å². The van der Waals surface area contributed by atoms with Crippen LogP contribution in [0.25, 0.3) is 0 Å². The molecule has 0 aliphatic heterocycles. The molecule has 0 unspecified atom stereocenters. The third kappa shape index (κ3) is 1.66. The molecule has 4 rings (SSSR count). The van der Waals surface area contributed by atoms with Crippen molar-refractivity contribution in [3.05, 3.63) is 12.2 Å². The second-order valence-corrected chi connectivity index (χ2v) is 10.3. The van der Waals surface area contributed by atoms with Crippen molar-refractivity contribution < 1.29 is 29.6 Å². The molecule has 9 atom stereocenters. The van der Waals surface area contributed by atoms with Gasteiger partial charge in [-0.25, -0.2) is 0 Å². The largest absolute Gasteiger partial charge is 0.459 e. The van der Waals surface area contributed by atoms with E-state index < -0.39 is 58.0 Å². The fourth-order valence-corrected chi connectivity index (χ4v) is 8.51. The van der Waals surface area contributed by atoms with E-state index in [0.717, 1.165) is 0 Å². The van der Waals surface area contributed by atoms with Gasteiger partial charge in [-0.3, -0.25) is 9.59 Å². The molecule has 0 aromatic heterocycles. The van der Waals surface area contributed by atoms with Gasteiger partial charge in [-0.15, -0.1) is 0 Å². The van der Waals surface area contributed by atoms with Crippen LogP contribution in [-0.2, 0) is 14.3 Å². The van der Waals surface area contributed by atoms with Gasteiger partial charge in [0.05, 0.1) is 18.3 Å². The summed E-state index contributed by atoms with van der Waals surface area (Å²) < 4.78 is 5.78. The topological polar surface area (TPSA) is 104 Å². The van der Waals surface area contributed by atoms with Gasteiger partial charge in [-0.1, -0.05) is 34.3 Å². The first kappa shape index (κ1) is 20.0. The Morgan fingerprint density at radius 3 is 2.36 bits per heavy atom. The standard InChI is InChI=1S/C22H32O6/c1-10-14(24)7-8-20(6)17(27)18(28-12(3)23)22-11(2)15(25)9-13(19(22,4)5)16(26)21(10,20)22/h11,13-14,16-18,24,26-27H,1,7-9H2,2-6H3/t11-,13+,14+,16-,17+,18+,20+,21-,22-/m1/s1. The SMILES string of the molecule is C=C1[C@@H](O)CC[C@@]2(C)[C@@H](O)[C@H](OC(C)=O)[C@@]34[C@H](C)C(=O)C[C@@H]([C@@H](O)[C@@]132)C4(C)C. The number of carbonyl (C=O) groups is 2. The summed E-state index contributed by atoms with van der Waals surface area (Å²) in [7, 11) is 0. The summed E-state index contributed by atoms with van der Waals surface area (Å²) in [6, 6.07) is 0. The first-order chi connectivity index (χ1) is 12.8. The van der Waals surface area contributed by atoms with Gasteiger partial charge in [0.15, 0.2) is 0 Å². The third-order valence-electron chi connectivity index (χ3n) is 9.49. The van der Waals surface area contributed by atoms with Crippen LogP contribution < -0.4 is 0 Å². The monoisotopic (exact) mass is 392 g/mol. The molecular weight excluding hydrogens is 360 g/mol. The summed E-state index contributed by atoms with van der Waals surface area (Å²) in [6.45, 7) is 13.2. The van der Waals surface area contributed by atoms with E-state index in [-0.39, 0.29) is 18.1 Å². The zero-order valence-electron chi connectivity index (χ0n) is 17.4. The molecular formula is C22H32O6. The zero-order chi connectivity index (χ0) is 21.0. The summed E-state index contributed by atoms with van der Waals surface area (Å²) in [5, 5.41) is 34.1. The number of ketones is 1. The van der Waals surface area contributed by atoms with Crippen molar-refractivity contribution in [3.8, 4) is 0 Å². The van der Waals surface area contributed by atoms with Crippen LogP contribution in [-0.4, -0.2) is 51.5 Å². The van der Waals surface area contributed by atoms with Crippen molar-refractivity contribution in [1.82, 2.24) is 0 Å². The number of hydrogen-bond donors (Lipinski definition) is 3. The summed E-state index contributed by atoms with van der Waals surface area (Å²) in [6.07, 6.45) is -2.71. The molecule has 28 heavy (non-hydrogen) atoms. The molecule has 2 spiro atoms. The molecule has 0 heterocycles. The zero-order valence-corrected chi connectivity index (χ0v) is 17.4. The lowest BCUT2D eigenvalue weighted by molar-refractivity contribution is -0.189.